The molecule has 0 aliphatic carbocycles. The van der Waals surface area contributed by atoms with Crippen LogP contribution >= 0.6 is 0 Å². The molecule has 0 unspecified atom stereocenters. The molecule has 1 aromatic heterocycles. The number of piperidine rings is 1. The lowest BCUT2D eigenvalue weighted by atomic mass is 9.77. The zero-order valence-electron chi connectivity index (χ0n) is 27.1. The number of hydrogen-bond acceptors (Lipinski definition) is 5. The smallest absolute Gasteiger partial charge is 0.228 e. The summed E-state index contributed by atoms with van der Waals surface area (Å²) in [5.74, 6) is 0.323. The summed E-state index contributed by atoms with van der Waals surface area (Å²) in [6, 6.07) is 44.0. The van der Waals surface area contributed by atoms with Gasteiger partial charge in [-0.3, -0.25) is 4.79 Å². The number of carbonyl (C=O) groups excluding carboxylic acids is 1. The molecular formula is C40H38N4O3S. The van der Waals surface area contributed by atoms with Crippen molar-refractivity contribution in [3.05, 3.63) is 150 Å². The van der Waals surface area contributed by atoms with E-state index in [1.807, 2.05) is 83.5 Å². The van der Waals surface area contributed by atoms with Gasteiger partial charge in [0.15, 0.2) is 15.7 Å². The molecule has 1 aliphatic rings. The Balaban J connectivity index is 1.49. The van der Waals surface area contributed by atoms with Crippen LogP contribution in [0.1, 0.15) is 29.5 Å². The number of sulfone groups is 1. The average Bonchev–Trinajstić information content (AvgIpc) is 3.47. The molecule has 0 bridgehead atoms. The lowest BCUT2D eigenvalue weighted by molar-refractivity contribution is -0.121. The number of amides is 1. The molecule has 0 saturated carbocycles. The van der Waals surface area contributed by atoms with Gasteiger partial charge in [-0.2, -0.15) is 5.10 Å². The number of nitrogens with one attached hydrogen (secondary N) is 1. The van der Waals surface area contributed by atoms with Gasteiger partial charge in [0.25, 0.3) is 0 Å². The molecule has 1 N–H and O–H groups in total. The number of carbonyl (C=O) groups is 1. The Morgan fingerprint density at radius 1 is 0.729 bits per heavy atom. The van der Waals surface area contributed by atoms with E-state index in [0.29, 0.717) is 5.82 Å². The molecule has 7 nitrogen and oxygen atoms in total. The molecule has 1 fully saturated rings. The summed E-state index contributed by atoms with van der Waals surface area (Å²) in [5.41, 5.74) is 4.58. The Morgan fingerprint density at radius 3 is 1.81 bits per heavy atom. The molecule has 242 valence electrons. The Bertz CT molecular complexity index is 2080. The Hall–Kier alpha value is -5.05. The molecule has 48 heavy (non-hydrogen) atoms. The number of nitrogens with zero attached hydrogens (tertiary/aromatic N) is 3. The number of fused-ring (bicyclic) bond motifs is 1. The first-order valence-electron chi connectivity index (χ1n) is 16.2. The van der Waals surface area contributed by atoms with Crippen molar-refractivity contribution >= 4 is 32.5 Å². The predicted octanol–water partition coefficient (Wildman–Crippen LogP) is 7.23. The minimum atomic E-state index is -3.40. The molecule has 2 heterocycles. The van der Waals surface area contributed by atoms with Gasteiger partial charge in [0.05, 0.1) is 10.4 Å². The summed E-state index contributed by atoms with van der Waals surface area (Å²) in [7, 11) is -1.32. The standard InChI is InChI=1S/C40H38N4O3S/c1-43-25-23-29(24-26-43)39(45)41-38-36-28-31(30-13-12-20-35(27-30)48(2,46)47)21-22-37(36)44(42-38)40(32-14-6-3-7-15-32,33-16-8-4-9-17-33)34-18-10-5-11-19-34/h3-22,27-29H,23-26H2,1-2H3,(H,41,42,45). The van der Waals surface area contributed by atoms with Crippen LogP contribution in [0.3, 0.4) is 0 Å². The Labute approximate surface area is 281 Å². The van der Waals surface area contributed by atoms with E-state index in [1.165, 1.54) is 6.26 Å². The van der Waals surface area contributed by atoms with Crippen molar-refractivity contribution in [3.8, 4) is 11.1 Å². The van der Waals surface area contributed by atoms with Crippen LogP contribution in [0.15, 0.2) is 138 Å². The van der Waals surface area contributed by atoms with Crippen molar-refractivity contribution in [1.82, 2.24) is 14.7 Å². The van der Waals surface area contributed by atoms with Crippen molar-refractivity contribution in [1.29, 1.82) is 0 Å². The van der Waals surface area contributed by atoms with E-state index in [4.69, 9.17) is 5.10 Å². The first-order valence-corrected chi connectivity index (χ1v) is 18.1. The summed E-state index contributed by atoms with van der Waals surface area (Å²) < 4.78 is 26.9. The highest BCUT2D eigenvalue weighted by molar-refractivity contribution is 7.90. The maximum atomic E-state index is 13.9. The summed E-state index contributed by atoms with van der Waals surface area (Å²) >= 11 is 0. The third-order valence-corrected chi connectivity index (χ3v) is 10.6. The van der Waals surface area contributed by atoms with Crippen molar-refractivity contribution in [3.63, 3.8) is 0 Å². The largest absolute Gasteiger partial charge is 0.308 e. The summed E-state index contributed by atoms with van der Waals surface area (Å²) in [4.78, 5) is 16.4. The average molecular weight is 655 g/mol. The van der Waals surface area contributed by atoms with Gasteiger partial charge >= 0.3 is 0 Å². The van der Waals surface area contributed by atoms with Gasteiger partial charge in [-0.1, -0.05) is 109 Å². The second-order valence-electron chi connectivity index (χ2n) is 12.7. The van der Waals surface area contributed by atoms with Crippen LogP contribution in [0.25, 0.3) is 22.0 Å². The predicted molar refractivity (Wildman–Crippen MR) is 192 cm³/mol. The Morgan fingerprint density at radius 2 is 1.27 bits per heavy atom. The second-order valence-corrected chi connectivity index (χ2v) is 14.7. The van der Waals surface area contributed by atoms with Crippen LogP contribution in [0, 0.1) is 5.92 Å². The van der Waals surface area contributed by atoms with Gasteiger partial charge in [0, 0.05) is 17.6 Å². The van der Waals surface area contributed by atoms with Gasteiger partial charge in [-0.05, 0) is 85.1 Å². The van der Waals surface area contributed by atoms with Crippen LogP contribution < -0.4 is 5.32 Å². The first kappa shape index (κ1) is 31.5. The van der Waals surface area contributed by atoms with Crippen molar-refractivity contribution in [2.75, 3.05) is 31.7 Å². The maximum absolute atomic E-state index is 13.9. The van der Waals surface area contributed by atoms with Crippen molar-refractivity contribution in [2.45, 2.75) is 23.3 Å². The van der Waals surface area contributed by atoms with Gasteiger partial charge in [0.1, 0.15) is 5.54 Å². The monoisotopic (exact) mass is 654 g/mol. The summed E-state index contributed by atoms with van der Waals surface area (Å²) in [6.45, 7) is 1.74. The van der Waals surface area contributed by atoms with Crippen LogP contribution in [0.4, 0.5) is 5.82 Å². The molecule has 1 saturated heterocycles. The minimum absolute atomic E-state index is 0.0381. The highest BCUT2D eigenvalue weighted by Crippen LogP contribution is 2.44. The second kappa shape index (κ2) is 12.9. The zero-order valence-corrected chi connectivity index (χ0v) is 27.9. The van der Waals surface area contributed by atoms with Crippen LogP contribution in [0.2, 0.25) is 0 Å². The van der Waals surface area contributed by atoms with Crippen LogP contribution in [-0.2, 0) is 20.2 Å². The lowest BCUT2D eigenvalue weighted by Crippen LogP contribution is -2.39. The zero-order chi connectivity index (χ0) is 33.3. The van der Waals surface area contributed by atoms with Crippen molar-refractivity contribution < 1.29 is 13.2 Å². The minimum Gasteiger partial charge on any atom is -0.308 e. The fraction of sp³-hybridized carbons (Fsp3) is 0.200. The van der Waals surface area contributed by atoms with E-state index < -0.39 is 15.4 Å². The number of hydrogen-bond donors (Lipinski definition) is 1. The Kier molecular flexibility index (Phi) is 8.45. The number of likely N-dealkylation sites (tertiary alicyclic amines) is 1. The third kappa shape index (κ3) is 5.82. The van der Waals surface area contributed by atoms with Crippen LogP contribution in [0.5, 0.6) is 0 Å². The van der Waals surface area contributed by atoms with E-state index in [2.05, 4.69) is 53.7 Å². The molecule has 0 atom stereocenters. The SMILES string of the molecule is CN1CCC(C(=O)Nc2nn(C(c3ccccc3)(c3ccccc3)c3ccccc3)c3ccc(-c4cccc(S(C)(=O)=O)c4)cc23)CC1. The number of rotatable bonds is 8. The highest BCUT2D eigenvalue weighted by atomic mass is 32.2. The van der Waals surface area contributed by atoms with E-state index >= 15 is 0 Å². The van der Waals surface area contributed by atoms with Crippen molar-refractivity contribution in [2.24, 2.45) is 5.92 Å². The molecule has 0 spiro atoms. The van der Waals surface area contributed by atoms with E-state index in [0.717, 1.165) is 64.7 Å². The molecular weight excluding hydrogens is 617 g/mol. The summed E-state index contributed by atoms with van der Waals surface area (Å²) in [6.07, 6.45) is 2.78. The topological polar surface area (TPSA) is 84.3 Å². The molecule has 0 radical (unpaired) electrons. The van der Waals surface area contributed by atoms with E-state index in [-0.39, 0.29) is 16.7 Å². The first-order chi connectivity index (χ1) is 23.2. The van der Waals surface area contributed by atoms with Gasteiger partial charge in [0.2, 0.25) is 5.91 Å². The van der Waals surface area contributed by atoms with Gasteiger partial charge in [-0.25, -0.2) is 13.1 Å². The van der Waals surface area contributed by atoms with E-state index in [1.54, 1.807) is 18.2 Å². The fourth-order valence-corrected chi connectivity index (χ4v) is 7.61. The number of anilines is 1. The van der Waals surface area contributed by atoms with Gasteiger partial charge in [-0.15, -0.1) is 0 Å². The van der Waals surface area contributed by atoms with Crippen LogP contribution in [-0.4, -0.2) is 55.4 Å². The normalized spacial score (nSPS) is 14.6. The number of aromatic nitrogens is 2. The molecule has 8 heteroatoms. The summed E-state index contributed by atoms with van der Waals surface area (Å²) in [5, 5.41) is 9.33. The quantitative estimate of drug-likeness (QED) is 0.175. The number of benzene rings is 5. The maximum Gasteiger partial charge on any atom is 0.228 e. The lowest BCUT2D eigenvalue weighted by Gasteiger charge is -2.37. The molecule has 1 amide bonds. The molecule has 1 aliphatic heterocycles. The van der Waals surface area contributed by atoms with E-state index in [9.17, 15) is 13.2 Å². The molecule has 7 rings (SSSR count). The molecule has 5 aromatic carbocycles. The fourth-order valence-electron chi connectivity index (χ4n) is 6.95. The molecule has 6 aromatic rings. The highest BCUT2D eigenvalue weighted by Gasteiger charge is 2.41. The third-order valence-electron chi connectivity index (χ3n) is 9.50. The van der Waals surface area contributed by atoms with Gasteiger partial charge < -0.3 is 10.2 Å².